The van der Waals surface area contributed by atoms with Crippen molar-refractivity contribution in [1.29, 1.82) is 0 Å². The molecule has 6 heteroatoms. The first-order chi connectivity index (χ1) is 13.7. The highest BCUT2D eigenvalue weighted by Crippen LogP contribution is 2.33. The summed E-state index contributed by atoms with van der Waals surface area (Å²) in [5, 5.41) is 4.13. The van der Waals surface area contributed by atoms with Crippen molar-refractivity contribution in [2.45, 2.75) is 13.2 Å². The molecule has 1 heterocycles. The van der Waals surface area contributed by atoms with Gasteiger partial charge in [0.1, 0.15) is 25.6 Å². The van der Waals surface area contributed by atoms with E-state index in [9.17, 15) is 0 Å². The van der Waals surface area contributed by atoms with Crippen molar-refractivity contribution in [1.82, 2.24) is 0 Å². The van der Waals surface area contributed by atoms with Gasteiger partial charge < -0.3 is 19.5 Å². The Kier molecular flexibility index (Phi) is 5.93. The Balaban J connectivity index is 1.46. The summed E-state index contributed by atoms with van der Waals surface area (Å²) in [6.07, 6.45) is 0. The summed E-state index contributed by atoms with van der Waals surface area (Å²) in [4.78, 5) is 0. The number of hydrogen-bond donors (Lipinski definition) is 1. The molecule has 0 saturated carbocycles. The van der Waals surface area contributed by atoms with Crippen LogP contribution in [-0.2, 0) is 13.2 Å². The summed E-state index contributed by atoms with van der Waals surface area (Å²) in [7, 11) is 0. The number of hydrogen-bond acceptors (Lipinski definition) is 4. The van der Waals surface area contributed by atoms with Gasteiger partial charge in [0.2, 0.25) is 0 Å². The van der Waals surface area contributed by atoms with Crippen molar-refractivity contribution in [3.05, 3.63) is 81.3 Å². The second-order valence-electron chi connectivity index (χ2n) is 6.38. The molecule has 28 heavy (non-hydrogen) atoms. The number of rotatable bonds is 6. The minimum Gasteiger partial charge on any atom is -0.489 e. The fourth-order valence-corrected chi connectivity index (χ4v) is 3.59. The summed E-state index contributed by atoms with van der Waals surface area (Å²) in [6, 6.07) is 19.5. The summed E-state index contributed by atoms with van der Waals surface area (Å²) < 4.78 is 18.3. The molecule has 0 aromatic heterocycles. The zero-order chi connectivity index (χ0) is 19.3. The molecule has 1 N–H and O–H groups in total. The molecular weight excluding hydrogens is 442 g/mol. The van der Waals surface area contributed by atoms with Crippen LogP contribution in [0, 0.1) is 0 Å². The maximum atomic E-state index is 6.06. The van der Waals surface area contributed by atoms with Crippen molar-refractivity contribution in [2.24, 2.45) is 0 Å². The number of benzene rings is 3. The van der Waals surface area contributed by atoms with Crippen LogP contribution >= 0.6 is 27.5 Å². The Hall–Kier alpha value is -2.37. The first-order valence-corrected chi connectivity index (χ1v) is 10.1. The second-order valence-corrected chi connectivity index (χ2v) is 7.73. The van der Waals surface area contributed by atoms with Gasteiger partial charge in [-0.3, -0.25) is 0 Å². The third-order valence-electron chi connectivity index (χ3n) is 4.33. The summed E-state index contributed by atoms with van der Waals surface area (Å²) in [5.41, 5.74) is 3.04. The maximum absolute atomic E-state index is 6.06. The van der Waals surface area contributed by atoms with Gasteiger partial charge in [-0.2, -0.15) is 0 Å². The van der Waals surface area contributed by atoms with Gasteiger partial charge in [0.15, 0.2) is 11.5 Å². The van der Waals surface area contributed by atoms with Gasteiger partial charge in [-0.1, -0.05) is 39.7 Å². The van der Waals surface area contributed by atoms with Gasteiger partial charge in [-0.25, -0.2) is 0 Å². The molecule has 0 bridgehead atoms. The topological polar surface area (TPSA) is 39.7 Å². The van der Waals surface area contributed by atoms with Crippen molar-refractivity contribution >= 4 is 33.2 Å². The SMILES string of the molecule is Clc1cccc(COc2ccc(Br)cc2CNc2ccc3c(c2)OCCO3)c1. The molecule has 0 aliphatic carbocycles. The van der Waals surface area contributed by atoms with Crippen LogP contribution in [0.4, 0.5) is 5.69 Å². The van der Waals surface area contributed by atoms with Gasteiger partial charge in [0.25, 0.3) is 0 Å². The van der Waals surface area contributed by atoms with Crippen molar-refractivity contribution in [3.63, 3.8) is 0 Å². The van der Waals surface area contributed by atoms with E-state index < -0.39 is 0 Å². The van der Waals surface area contributed by atoms with E-state index in [0.717, 1.165) is 38.5 Å². The third kappa shape index (κ3) is 4.72. The highest BCUT2D eigenvalue weighted by molar-refractivity contribution is 9.10. The zero-order valence-corrected chi connectivity index (χ0v) is 17.4. The minimum absolute atomic E-state index is 0.458. The molecule has 144 valence electrons. The fraction of sp³-hybridized carbons (Fsp3) is 0.182. The van der Waals surface area contributed by atoms with Gasteiger partial charge in [0.05, 0.1) is 0 Å². The Morgan fingerprint density at radius 1 is 0.964 bits per heavy atom. The lowest BCUT2D eigenvalue weighted by molar-refractivity contribution is 0.171. The number of halogens is 2. The van der Waals surface area contributed by atoms with Crippen LogP contribution < -0.4 is 19.5 Å². The van der Waals surface area contributed by atoms with Gasteiger partial charge in [0, 0.05) is 33.4 Å². The summed E-state index contributed by atoms with van der Waals surface area (Å²) in [6.45, 7) is 2.23. The normalized spacial score (nSPS) is 12.5. The Morgan fingerprint density at radius 3 is 2.68 bits per heavy atom. The smallest absolute Gasteiger partial charge is 0.163 e. The molecule has 0 saturated heterocycles. The van der Waals surface area contributed by atoms with E-state index in [1.807, 2.05) is 54.6 Å². The first kappa shape index (κ1) is 19.0. The molecule has 0 fully saturated rings. The van der Waals surface area contributed by atoms with Crippen LogP contribution in [0.15, 0.2) is 65.1 Å². The van der Waals surface area contributed by atoms with Crippen molar-refractivity contribution in [3.8, 4) is 17.2 Å². The summed E-state index contributed by atoms with van der Waals surface area (Å²) >= 11 is 9.60. The molecule has 0 unspecified atom stereocenters. The maximum Gasteiger partial charge on any atom is 0.163 e. The average molecular weight is 461 g/mol. The molecule has 0 atom stereocenters. The first-order valence-electron chi connectivity index (χ1n) is 8.96. The van der Waals surface area contributed by atoms with E-state index >= 15 is 0 Å². The molecule has 4 rings (SSSR count). The highest BCUT2D eigenvalue weighted by atomic mass is 79.9. The minimum atomic E-state index is 0.458. The average Bonchev–Trinajstić information content (AvgIpc) is 2.71. The van der Waals surface area contributed by atoms with E-state index in [2.05, 4.69) is 27.3 Å². The molecule has 1 aliphatic rings. The van der Waals surface area contributed by atoms with E-state index in [4.69, 9.17) is 25.8 Å². The number of anilines is 1. The van der Waals surface area contributed by atoms with E-state index in [-0.39, 0.29) is 0 Å². The monoisotopic (exact) mass is 459 g/mol. The number of nitrogens with one attached hydrogen (secondary N) is 1. The van der Waals surface area contributed by atoms with Crippen LogP contribution in [0.3, 0.4) is 0 Å². The van der Waals surface area contributed by atoms with E-state index in [1.54, 1.807) is 0 Å². The van der Waals surface area contributed by atoms with Crippen LogP contribution in [0.25, 0.3) is 0 Å². The predicted molar refractivity (Wildman–Crippen MR) is 115 cm³/mol. The van der Waals surface area contributed by atoms with Gasteiger partial charge in [-0.15, -0.1) is 0 Å². The third-order valence-corrected chi connectivity index (χ3v) is 5.06. The van der Waals surface area contributed by atoms with Crippen molar-refractivity contribution in [2.75, 3.05) is 18.5 Å². The Morgan fingerprint density at radius 2 is 1.82 bits per heavy atom. The fourth-order valence-electron chi connectivity index (χ4n) is 2.97. The lowest BCUT2D eigenvalue weighted by Crippen LogP contribution is -2.15. The lowest BCUT2D eigenvalue weighted by atomic mass is 10.2. The quantitative estimate of drug-likeness (QED) is 0.485. The van der Waals surface area contributed by atoms with Crippen molar-refractivity contribution < 1.29 is 14.2 Å². The molecule has 3 aromatic carbocycles. The van der Waals surface area contributed by atoms with E-state index in [1.165, 1.54) is 0 Å². The lowest BCUT2D eigenvalue weighted by Gasteiger charge is -2.19. The Bertz CT molecular complexity index is 980. The number of ether oxygens (including phenoxy) is 3. The zero-order valence-electron chi connectivity index (χ0n) is 15.1. The van der Waals surface area contributed by atoms with Gasteiger partial charge >= 0.3 is 0 Å². The second kappa shape index (κ2) is 8.76. The largest absolute Gasteiger partial charge is 0.489 e. The Labute approximate surface area is 177 Å². The van der Waals surface area contributed by atoms with Crippen LogP contribution in [0.5, 0.6) is 17.2 Å². The van der Waals surface area contributed by atoms with Gasteiger partial charge in [-0.05, 0) is 48.0 Å². The highest BCUT2D eigenvalue weighted by Gasteiger charge is 2.12. The van der Waals surface area contributed by atoms with Crippen LogP contribution in [0.2, 0.25) is 5.02 Å². The molecule has 0 spiro atoms. The van der Waals surface area contributed by atoms with Crippen LogP contribution in [-0.4, -0.2) is 13.2 Å². The standard InChI is InChI=1S/C22H19BrClNO3/c23-17-4-6-20(28-14-15-2-1-3-18(24)10-15)16(11-17)13-25-19-5-7-21-22(12-19)27-9-8-26-21/h1-7,10-12,25H,8-9,13-14H2. The molecule has 0 amide bonds. The molecular formula is C22H19BrClNO3. The molecule has 1 aliphatic heterocycles. The molecule has 4 nitrogen and oxygen atoms in total. The number of fused-ring (bicyclic) bond motifs is 1. The summed E-state index contributed by atoms with van der Waals surface area (Å²) in [5.74, 6) is 2.38. The molecule has 0 radical (unpaired) electrons. The van der Waals surface area contributed by atoms with E-state index in [0.29, 0.717) is 31.4 Å². The predicted octanol–water partition coefficient (Wildman–Crippen LogP) is 6.06. The molecule has 3 aromatic rings. The van der Waals surface area contributed by atoms with Crippen LogP contribution in [0.1, 0.15) is 11.1 Å².